The Hall–Kier alpha value is -3.45. The molecule has 3 aromatic carbocycles. The van der Waals surface area contributed by atoms with Crippen molar-refractivity contribution in [3.8, 4) is 5.75 Å². The average Bonchev–Trinajstić information content (AvgIpc) is 2.76. The molecule has 0 aromatic heterocycles. The van der Waals surface area contributed by atoms with Crippen molar-refractivity contribution in [2.45, 2.75) is 31.1 Å². The van der Waals surface area contributed by atoms with E-state index < -0.39 is 10.1 Å². The number of rotatable bonds is 9. The van der Waals surface area contributed by atoms with E-state index in [9.17, 15) is 13.2 Å². The molecular weight excluding hydrogens is 412 g/mol. The first kappa shape index (κ1) is 22.2. The van der Waals surface area contributed by atoms with Crippen LogP contribution >= 0.6 is 0 Å². The minimum Gasteiger partial charge on any atom is -0.378 e. The van der Waals surface area contributed by atoms with E-state index >= 15 is 0 Å². The maximum atomic E-state index is 12.7. The van der Waals surface area contributed by atoms with Crippen molar-refractivity contribution in [2.24, 2.45) is 5.10 Å². The number of aryl methyl sites for hydroxylation is 1. The van der Waals surface area contributed by atoms with Gasteiger partial charge in [0, 0.05) is 5.56 Å². The summed E-state index contributed by atoms with van der Waals surface area (Å²) in [5, 5.41) is 3.93. The molecule has 1 amide bonds. The standard InChI is InChI=1S/C24H24N2O4S/c1-2-8-19-13-15-22(16-14-19)31(28,29)30-23-12-7-6-11-21(23)18-25-26-24(27)17-20-9-4-3-5-10-20/h3-7,9-16,18H,2,8,17H2,1H3,(H,26,27)/b25-18+. The molecule has 0 bridgehead atoms. The molecule has 160 valence electrons. The number of nitrogens with zero attached hydrogens (tertiary/aromatic N) is 1. The lowest BCUT2D eigenvalue weighted by Crippen LogP contribution is -2.19. The summed E-state index contributed by atoms with van der Waals surface area (Å²) in [6.45, 7) is 2.07. The van der Waals surface area contributed by atoms with E-state index in [1.165, 1.54) is 12.3 Å². The SMILES string of the molecule is CCCc1ccc(S(=O)(=O)Oc2ccccc2/C=N/NC(=O)Cc2ccccc2)cc1. The lowest BCUT2D eigenvalue weighted by atomic mass is 10.1. The number of hydrogen-bond acceptors (Lipinski definition) is 5. The number of amides is 1. The second-order valence-corrected chi connectivity index (χ2v) is 8.47. The van der Waals surface area contributed by atoms with Crippen molar-refractivity contribution in [3.05, 3.63) is 95.6 Å². The molecule has 0 radical (unpaired) electrons. The van der Waals surface area contributed by atoms with Gasteiger partial charge in [-0.3, -0.25) is 4.79 Å². The Balaban J connectivity index is 1.68. The molecule has 0 saturated heterocycles. The molecular formula is C24H24N2O4S. The van der Waals surface area contributed by atoms with E-state index in [-0.39, 0.29) is 23.0 Å². The van der Waals surface area contributed by atoms with Crippen molar-refractivity contribution >= 4 is 22.2 Å². The van der Waals surface area contributed by atoms with Crippen molar-refractivity contribution in [3.63, 3.8) is 0 Å². The summed E-state index contributed by atoms with van der Waals surface area (Å²) in [7, 11) is -4.00. The van der Waals surface area contributed by atoms with Crippen molar-refractivity contribution in [1.82, 2.24) is 5.43 Å². The molecule has 1 N–H and O–H groups in total. The van der Waals surface area contributed by atoms with Gasteiger partial charge in [-0.15, -0.1) is 0 Å². The van der Waals surface area contributed by atoms with Gasteiger partial charge in [0.05, 0.1) is 12.6 Å². The smallest absolute Gasteiger partial charge is 0.339 e. The van der Waals surface area contributed by atoms with Crippen LogP contribution < -0.4 is 9.61 Å². The van der Waals surface area contributed by atoms with Gasteiger partial charge in [0.15, 0.2) is 5.75 Å². The summed E-state index contributed by atoms with van der Waals surface area (Å²) < 4.78 is 30.7. The molecule has 31 heavy (non-hydrogen) atoms. The second-order valence-electron chi connectivity index (χ2n) is 6.92. The summed E-state index contributed by atoms with van der Waals surface area (Å²) in [5.41, 5.74) is 4.81. The van der Waals surface area contributed by atoms with Gasteiger partial charge in [0.1, 0.15) is 4.90 Å². The van der Waals surface area contributed by atoms with E-state index in [0.717, 1.165) is 24.0 Å². The lowest BCUT2D eigenvalue weighted by Gasteiger charge is -2.10. The van der Waals surface area contributed by atoms with Gasteiger partial charge in [-0.2, -0.15) is 13.5 Å². The van der Waals surface area contributed by atoms with Gasteiger partial charge in [0.25, 0.3) is 0 Å². The third-order valence-corrected chi connectivity index (χ3v) is 5.72. The molecule has 3 rings (SSSR count). The van der Waals surface area contributed by atoms with E-state index in [1.54, 1.807) is 42.5 Å². The van der Waals surface area contributed by atoms with Crippen LogP contribution in [0.3, 0.4) is 0 Å². The molecule has 0 heterocycles. The maximum Gasteiger partial charge on any atom is 0.339 e. The molecule has 0 saturated carbocycles. The van der Waals surface area contributed by atoms with Gasteiger partial charge in [-0.05, 0) is 41.8 Å². The van der Waals surface area contributed by atoms with Crippen LogP contribution in [-0.4, -0.2) is 20.5 Å². The van der Waals surface area contributed by atoms with Gasteiger partial charge in [0.2, 0.25) is 5.91 Å². The zero-order valence-electron chi connectivity index (χ0n) is 17.2. The lowest BCUT2D eigenvalue weighted by molar-refractivity contribution is -0.120. The van der Waals surface area contributed by atoms with Gasteiger partial charge < -0.3 is 4.18 Å². The van der Waals surface area contributed by atoms with E-state index in [4.69, 9.17) is 4.18 Å². The minimum absolute atomic E-state index is 0.0789. The van der Waals surface area contributed by atoms with Crippen LogP contribution in [0.2, 0.25) is 0 Å². The van der Waals surface area contributed by atoms with E-state index in [2.05, 4.69) is 17.5 Å². The predicted molar refractivity (Wildman–Crippen MR) is 121 cm³/mol. The Morgan fingerprint density at radius 2 is 1.61 bits per heavy atom. The first-order chi connectivity index (χ1) is 15.0. The molecule has 0 unspecified atom stereocenters. The topological polar surface area (TPSA) is 84.8 Å². The molecule has 0 fully saturated rings. The Morgan fingerprint density at radius 1 is 0.935 bits per heavy atom. The number of hydrazone groups is 1. The van der Waals surface area contributed by atoms with Crippen LogP contribution in [0.4, 0.5) is 0 Å². The monoisotopic (exact) mass is 436 g/mol. The summed E-state index contributed by atoms with van der Waals surface area (Å²) in [4.78, 5) is 12.1. The number of benzene rings is 3. The highest BCUT2D eigenvalue weighted by Gasteiger charge is 2.18. The zero-order chi connectivity index (χ0) is 22.1. The average molecular weight is 437 g/mol. The summed E-state index contributed by atoms with van der Waals surface area (Å²) >= 11 is 0. The largest absolute Gasteiger partial charge is 0.378 e. The van der Waals surface area contributed by atoms with Crippen LogP contribution in [0.1, 0.15) is 30.0 Å². The van der Waals surface area contributed by atoms with Crippen LogP contribution in [0.15, 0.2) is 88.9 Å². The third kappa shape index (κ3) is 6.52. The first-order valence-corrected chi connectivity index (χ1v) is 11.4. The van der Waals surface area contributed by atoms with E-state index in [1.807, 2.05) is 30.3 Å². The Morgan fingerprint density at radius 3 is 2.32 bits per heavy atom. The highest BCUT2D eigenvalue weighted by atomic mass is 32.2. The highest BCUT2D eigenvalue weighted by molar-refractivity contribution is 7.87. The maximum absolute atomic E-state index is 12.7. The fraction of sp³-hybridized carbons (Fsp3) is 0.167. The Labute approximate surface area is 182 Å². The number of para-hydroxylation sites is 1. The fourth-order valence-electron chi connectivity index (χ4n) is 2.94. The number of nitrogens with one attached hydrogen (secondary N) is 1. The Bertz CT molecular complexity index is 1140. The van der Waals surface area contributed by atoms with Gasteiger partial charge in [-0.25, -0.2) is 5.43 Å². The van der Waals surface area contributed by atoms with Gasteiger partial charge >= 0.3 is 10.1 Å². The number of hydrogen-bond donors (Lipinski definition) is 1. The molecule has 0 atom stereocenters. The van der Waals surface area contributed by atoms with Gasteiger partial charge in [-0.1, -0.05) is 67.9 Å². The van der Waals surface area contributed by atoms with Crippen molar-refractivity contribution in [1.29, 1.82) is 0 Å². The van der Waals surface area contributed by atoms with Crippen molar-refractivity contribution < 1.29 is 17.4 Å². The molecule has 3 aromatic rings. The van der Waals surface area contributed by atoms with E-state index in [0.29, 0.717) is 5.56 Å². The summed E-state index contributed by atoms with van der Waals surface area (Å²) in [6.07, 6.45) is 3.42. The first-order valence-electron chi connectivity index (χ1n) is 9.96. The molecule has 6 nitrogen and oxygen atoms in total. The molecule has 0 aliphatic rings. The quantitative estimate of drug-likeness (QED) is 0.311. The fourth-order valence-corrected chi connectivity index (χ4v) is 3.89. The summed E-state index contributed by atoms with van der Waals surface area (Å²) in [6, 6.07) is 22.5. The number of carbonyl (C=O) groups excluding carboxylic acids is 1. The Kier molecular flexibility index (Phi) is 7.56. The molecule has 0 spiro atoms. The minimum atomic E-state index is -4.00. The number of carbonyl (C=O) groups is 1. The molecule has 0 aliphatic carbocycles. The predicted octanol–water partition coefficient (Wildman–Crippen LogP) is 4.10. The zero-order valence-corrected chi connectivity index (χ0v) is 18.0. The molecule has 7 heteroatoms. The van der Waals surface area contributed by atoms with Crippen LogP contribution in [-0.2, 0) is 27.8 Å². The highest BCUT2D eigenvalue weighted by Crippen LogP contribution is 2.22. The normalized spacial score (nSPS) is 11.4. The van der Waals surface area contributed by atoms with Crippen LogP contribution in [0.5, 0.6) is 5.75 Å². The second kappa shape index (κ2) is 10.5. The van der Waals surface area contributed by atoms with Crippen molar-refractivity contribution in [2.75, 3.05) is 0 Å². The molecule has 0 aliphatic heterocycles. The van der Waals surface area contributed by atoms with Crippen LogP contribution in [0.25, 0.3) is 0 Å². The summed E-state index contributed by atoms with van der Waals surface area (Å²) in [5.74, 6) is -0.151. The third-order valence-electron chi connectivity index (χ3n) is 4.47. The van der Waals surface area contributed by atoms with Crippen LogP contribution in [0, 0.1) is 0 Å².